The van der Waals surface area contributed by atoms with Crippen LogP contribution in [0.15, 0.2) is 18.2 Å². The third kappa shape index (κ3) is 3.99. The van der Waals surface area contributed by atoms with Crippen LogP contribution in [0.25, 0.3) is 0 Å². The van der Waals surface area contributed by atoms with Gasteiger partial charge in [0, 0.05) is 11.6 Å². The average molecular weight is 249 g/mol. The van der Waals surface area contributed by atoms with Crippen molar-refractivity contribution in [2.45, 2.75) is 12.6 Å². The summed E-state index contributed by atoms with van der Waals surface area (Å²) in [6.45, 7) is -0.279. The first-order valence-corrected chi connectivity index (χ1v) is 4.80. The number of nitrogens with zero attached hydrogens (tertiary/aromatic N) is 1. The van der Waals surface area contributed by atoms with Crippen molar-refractivity contribution in [3.05, 3.63) is 28.8 Å². The molecule has 1 N–H and O–H groups in total. The van der Waals surface area contributed by atoms with Crippen molar-refractivity contribution in [2.24, 2.45) is 0 Å². The Kier molecular flexibility index (Phi) is 4.02. The summed E-state index contributed by atoms with van der Waals surface area (Å²) in [5.74, 6) is 0. The zero-order chi connectivity index (χ0) is 12.2. The molecule has 16 heavy (non-hydrogen) atoms. The van der Waals surface area contributed by atoms with Crippen molar-refractivity contribution in [2.75, 3.05) is 11.9 Å². The molecule has 0 saturated carbocycles. The molecule has 0 amide bonds. The molecule has 0 radical (unpaired) electrons. The Bertz CT molecular complexity index is 410. The van der Waals surface area contributed by atoms with E-state index in [0.29, 0.717) is 10.7 Å². The molecule has 1 rings (SSSR count). The van der Waals surface area contributed by atoms with Crippen LogP contribution < -0.4 is 5.32 Å². The second-order valence-corrected chi connectivity index (χ2v) is 3.53. The molecule has 0 bridgehead atoms. The van der Waals surface area contributed by atoms with Crippen molar-refractivity contribution in [3.8, 4) is 6.07 Å². The van der Waals surface area contributed by atoms with Crippen molar-refractivity contribution < 1.29 is 13.2 Å². The molecule has 0 aliphatic rings. The third-order valence-corrected chi connectivity index (χ3v) is 2.06. The van der Waals surface area contributed by atoms with Gasteiger partial charge in [0.2, 0.25) is 0 Å². The lowest BCUT2D eigenvalue weighted by Gasteiger charge is -2.10. The Morgan fingerprint density at radius 3 is 2.62 bits per heavy atom. The summed E-state index contributed by atoms with van der Waals surface area (Å²) in [7, 11) is 0. The molecular weight excluding hydrogens is 241 g/mol. The molecule has 0 unspecified atom stereocenters. The monoisotopic (exact) mass is 248 g/mol. The van der Waals surface area contributed by atoms with Gasteiger partial charge in [-0.25, -0.2) is 0 Å². The van der Waals surface area contributed by atoms with Gasteiger partial charge in [-0.15, -0.1) is 0 Å². The van der Waals surface area contributed by atoms with Crippen LogP contribution in [-0.4, -0.2) is 12.7 Å². The van der Waals surface area contributed by atoms with Crippen LogP contribution in [0.2, 0.25) is 5.02 Å². The first-order chi connectivity index (χ1) is 7.42. The fraction of sp³-hybridized carbons (Fsp3) is 0.300. The lowest BCUT2D eigenvalue weighted by atomic mass is 10.2. The molecule has 0 aromatic heterocycles. The quantitative estimate of drug-likeness (QED) is 0.888. The van der Waals surface area contributed by atoms with Crippen LogP contribution in [0.3, 0.4) is 0 Å². The Morgan fingerprint density at radius 1 is 1.38 bits per heavy atom. The Labute approximate surface area is 95.6 Å². The van der Waals surface area contributed by atoms with E-state index in [1.807, 2.05) is 6.07 Å². The minimum atomic E-state index is -4.21. The molecule has 1 aromatic rings. The van der Waals surface area contributed by atoms with E-state index in [9.17, 15) is 13.2 Å². The van der Waals surface area contributed by atoms with Crippen LogP contribution >= 0.6 is 11.6 Å². The molecule has 0 fully saturated rings. The van der Waals surface area contributed by atoms with E-state index >= 15 is 0 Å². The zero-order valence-corrected chi connectivity index (χ0v) is 8.86. The number of hydrogen-bond acceptors (Lipinski definition) is 2. The number of halogens is 4. The van der Waals surface area contributed by atoms with E-state index < -0.39 is 12.6 Å². The molecule has 86 valence electrons. The lowest BCUT2D eigenvalue weighted by molar-refractivity contribution is -0.131. The topological polar surface area (TPSA) is 35.8 Å². The first kappa shape index (κ1) is 12.7. The number of alkyl halides is 3. The van der Waals surface area contributed by atoms with E-state index in [4.69, 9.17) is 16.9 Å². The highest BCUT2D eigenvalue weighted by molar-refractivity contribution is 6.30. The minimum absolute atomic E-state index is 0.270. The summed E-state index contributed by atoms with van der Waals surface area (Å²) < 4.78 is 35.7. The van der Waals surface area contributed by atoms with Crippen molar-refractivity contribution in [1.29, 1.82) is 5.26 Å². The predicted octanol–water partition coefficient (Wildman–Crippen LogP) is 3.58. The standard InChI is InChI=1S/C10H8ClF3N2/c11-8-2-1-7(6-15)9(5-8)16-4-3-10(12,13)14/h1-2,5,16H,3-4H2. The molecular formula is C10H8ClF3N2. The van der Waals surface area contributed by atoms with Gasteiger partial charge in [0.15, 0.2) is 0 Å². The maximum Gasteiger partial charge on any atom is 0.390 e. The van der Waals surface area contributed by atoms with E-state index in [2.05, 4.69) is 5.32 Å². The summed E-state index contributed by atoms with van der Waals surface area (Å²) in [4.78, 5) is 0. The molecule has 6 heteroatoms. The number of nitriles is 1. The second-order valence-electron chi connectivity index (χ2n) is 3.09. The van der Waals surface area contributed by atoms with Crippen LogP contribution in [0.5, 0.6) is 0 Å². The van der Waals surface area contributed by atoms with Crippen molar-refractivity contribution in [3.63, 3.8) is 0 Å². The van der Waals surface area contributed by atoms with Gasteiger partial charge in [-0.2, -0.15) is 18.4 Å². The molecule has 1 aromatic carbocycles. The highest BCUT2D eigenvalue weighted by Crippen LogP contribution is 2.22. The van der Waals surface area contributed by atoms with Gasteiger partial charge < -0.3 is 5.32 Å². The van der Waals surface area contributed by atoms with Gasteiger partial charge in [-0.1, -0.05) is 11.6 Å². The summed E-state index contributed by atoms with van der Waals surface area (Å²) in [6.07, 6.45) is -5.16. The van der Waals surface area contributed by atoms with Gasteiger partial charge in [-0.3, -0.25) is 0 Å². The van der Waals surface area contributed by atoms with Crippen LogP contribution in [0.4, 0.5) is 18.9 Å². The number of anilines is 1. The normalized spacial score (nSPS) is 10.9. The highest BCUT2D eigenvalue weighted by Gasteiger charge is 2.26. The van der Waals surface area contributed by atoms with E-state index in [1.54, 1.807) is 0 Å². The van der Waals surface area contributed by atoms with Gasteiger partial charge in [0.25, 0.3) is 0 Å². The highest BCUT2D eigenvalue weighted by atomic mass is 35.5. The zero-order valence-electron chi connectivity index (χ0n) is 8.11. The molecule has 0 aliphatic heterocycles. The SMILES string of the molecule is N#Cc1ccc(Cl)cc1NCCC(F)(F)F. The largest absolute Gasteiger partial charge is 0.390 e. The van der Waals surface area contributed by atoms with E-state index in [-0.39, 0.29) is 12.1 Å². The number of rotatable bonds is 3. The molecule has 0 spiro atoms. The number of nitrogens with one attached hydrogen (secondary N) is 1. The number of benzene rings is 1. The summed E-state index contributed by atoms with van der Waals surface area (Å²) >= 11 is 5.67. The fourth-order valence-electron chi connectivity index (χ4n) is 1.10. The molecule has 0 heterocycles. The minimum Gasteiger partial charge on any atom is -0.384 e. The first-order valence-electron chi connectivity index (χ1n) is 4.42. The van der Waals surface area contributed by atoms with Crippen LogP contribution in [0, 0.1) is 11.3 Å². The summed E-state index contributed by atoms with van der Waals surface area (Å²) in [6, 6.07) is 6.26. The average Bonchev–Trinajstić information content (AvgIpc) is 2.16. The van der Waals surface area contributed by atoms with Crippen molar-refractivity contribution in [1.82, 2.24) is 0 Å². The van der Waals surface area contributed by atoms with Gasteiger partial charge in [-0.05, 0) is 18.2 Å². The maximum absolute atomic E-state index is 11.9. The summed E-state index contributed by atoms with van der Waals surface area (Å²) in [5.41, 5.74) is 0.589. The second kappa shape index (κ2) is 5.08. The Hall–Kier alpha value is -1.41. The number of hydrogen-bond donors (Lipinski definition) is 1. The van der Waals surface area contributed by atoms with E-state index in [0.717, 1.165) is 0 Å². The Morgan fingerprint density at radius 2 is 2.06 bits per heavy atom. The Balaban J connectivity index is 2.67. The molecule has 0 atom stereocenters. The van der Waals surface area contributed by atoms with Gasteiger partial charge in [0.1, 0.15) is 6.07 Å². The van der Waals surface area contributed by atoms with Crippen LogP contribution in [-0.2, 0) is 0 Å². The fourth-order valence-corrected chi connectivity index (χ4v) is 1.27. The molecule has 0 aliphatic carbocycles. The smallest absolute Gasteiger partial charge is 0.384 e. The van der Waals surface area contributed by atoms with Gasteiger partial charge in [0.05, 0.1) is 17.7 Å². The lowest BCUT2D eigenvalue weighted by Crippen LogP contribution is -2.15. The predicted molar refractivity (Wildman–Crippen MR) is 55.3 cm³/mol. The molecule has 2 nitrogen and oxygen atoms in total. The summed E-state index contributed by atoms with van der Waals surface area (Å²) in [5, 5.41) is 11.6. The van der Waals surface area contributed by atoms with Crippen LogP contribution in [0.1, 0.15) is 12.0 Å². The van der Waals surface area contributed by atoms with Crippen molar-refractivity contribution >= 4 is 17.3 Å². The molecule has 0 saturated heterocycles. The maximum atomic E-state index is 11.9. The van der Waals surface area contributed by atoms with E-state index in [1.165, 1.54) is 18.2 Å². The third-order valence-electron chi connectivity index (χ3n) is 1.83. The van der Waals surface area contributed by atoms with Gasteiger partial charge >= 0.3 is 6.18 Å².